The number of amides is 1. The molecule has 3 heterocycles. The van der Waals surface area contributed by atoms with Crippen LogP contribution in [0.3, 0.4) is 0 Å². The lowest BCUT2D eigenvalue weighted by Crippen LogP contribution is -2.29. The molecule has 3 aromatic heterocycles. The molecule has 3 aromatic rings. The summed E-state index contributed by atoms with van der Waals surface area (Å²) in [6.07, 6.45) is 1.59. The predicted molar refractivity (Wildman–Crippen MR) is 81.4 cm³/mol. The van der Waals surface area contributed by atoms with E-state index in [1.165, 1.54) is 4.68 Å². The van der Waals surface area contributed by atoms with E-state index in [0.29, 0.717) is 28.5 Å². The Kier molecular flexibility index (Phi) is 3.88. The average Bonchev–Trinajstić information content (AvgIpc) is 3.18. The minimum absolute atomic E-state index is 0.225. The van der Waals surface area contributed by atoms with Crippen LogP contribution in [0.25, 0.3) is 11.5 Å². The van der Waals surface area contributed by atoms with E-state index < -0.39 is 0 Å². The maximum absolute atomic E-state index is 12.4. The Bertz CT molecular complexity index is 824. The van der Waals surface area contributed by atoms with Crippen LogP contribution in [0.15, 0.2) is 34.9 Å². The summed E-state index contributed by atoms with van der Waals surface area (Å²) in [5, 5.41) is 14.1. The van der Waals surface area contributed by atoms with Crippen LogP contribution < -0.4 is 5.32 Å². The summed E-state index contributed by atoms with van der Waals surface area (Å²) in [6, 6.07) is 6.80. The van der Waals surface area contributed by atoms with Gasteiger partial charge >= 0.3 is 0 Å². The molecule has 118 valence electrons. The van der Waals surface area contributed by atoms with Crippen LogP contribution in [0, 0.1) is 6.92 Å². The largest absolute Gasteiger partial charge is 0.463 e. The fourth-order valence-corrected chi connectivity index (χ4v) is 2.30. The first-order valence-electron chi connectivity index (χ1n) is 7.11. The number of nitrogens with one attached hydrogen (secondary N) is 1. The molecule has 0 saturated heterocycles. The highest BCUT2D eigenvalue weighted by Crippen LogP contribution is 2.19. The van der Waals surface area contributed by atoms with Gasteiger partial charge in [0.1, 0.15) is 5.69 Å². The third-order valence-corrected chi connectivity index (χ3v) is 3.49. The molecule has 1 N–H and O–H groups in total. The minimum Gasteiger partial charge on any atom is -0.463 e. The number of furan rings is 1. The standard InChI is InChI=1S/C15H16N6O2/c1-9-11(6-7-12(16-9)13-5-4-8-23-13)15(22)17-10(2)14-18-19-20-21(14)3/h4-8,10H,1-3H3,(H,17,22). The van der Waals surface area contributed by atoms with Crippen molar-refractivity contribution in [2.75, 3.05) is 0 Å². The average molecular weight is 312 g/mol. The molecule has 0 aliphatic carbocycles. The number of hydrogen-bond acceptors (Lipinski definition) is 6. The van der Waals surface area contributed by atoms with E-state index in [1.807, 2.05) is 13.0 Å². The fraction of sp³-hybridized carbons (Fsp3) is 0.267. The van der Waals surface area contributed by atoms with E-state index in [1.54, 1.807) is 38.4 Å². The molecular weight excluding hydrogens is 296 g/mol. The van der Waals surface area contributed by atoms with Gasteiger partial charge in [-0.05, 0) is 48.5 Å². The highest BCUT2D eigenvalue weighted by atomic mass is 16.3. The number of hydrogen-bond donors (Lipinski definition) is 1. The second-order valence-corrected chi connectivity index (χ2v) is 5.16. The van der Waals surface area contributed by atoms with E-state index in [4.69, 9.17) is 4.42 Å². The fourth-order valence-electron chi connectivity index (χ4n) is 2.30. The van der Waals surface area contributed by atoms with Crippen molar-refractivity contribution in [3.8, 4) is 11.5 Å². The van der Waals surface area contributed by atoms with E-state index in [9.17, 15) is 4.79 Å². The molecule has 0 aromatic carbocycles. The van der Waals surface area contributed by atoms with Gasteiger partial charge in [-0.3, -0.25) is 4.79 Å². The summed E-state index contributed by atoms with van der Waals surface area (Å²) in [4.78, 5) is 16.9. The lowest BCUT2D eigenvalue weighted by molar-refractivity contribution is 0.0936. The third kappa shape index (κ3) is 2.96. The molecule has 1 amide bonds. The number of aromatic nitrogens is 5. The van der Waals surface area contributed by atoms with Crippen molar-refractivity contribution in [3.63, 3.8) is 0 Å². The van der Waals surface area contributed by atoms with Crippen LogP contribution in [-0.2, 0) is 7.05 Å². The van der Waals surface area contributed by atoms with Crippen molar-refractivity contribution < 1.29 is 9.21 Å². The van der Waals surface area contributed by atoms with E-state index in [0.717, 1.165) is 0 Å². The van der Waals surface area contributed by atoms with Gasteiger partial charge in [0.25, 0.3) is 5.91 Å². The van der Waals surface area contributed by atoms with Crippen LogP contribution in [0.1, 0.15) is 34.8 Å². The highest BCUT2D eigenvalue weighted by Gasteiger charge is 2.18. The Balaban J connectivity index is 1.79. The number of nitrogens with zero attached hydrogens (tertiary/aromatic N) is 5. The van der Waals surface area contributed by atoms with Crippen LogP contribution in [0.5, 0.6) is 0 Å². The summed E-state index contributed by atoms with van der Waals surface area (Å²) in [6.45, 7) is 3.61. The number of tetrazole rings is 1. The smallest absolute Gasteiger partial charge is 0.253 e. The van der Waals surface area contributed by atoms with Gasteiger partial charge < -0.3 is 9.73 Å². The molecule has 0 fully saturated rings. The summed E-state index contributed by atoms with van der Waals surface area (Å²) in [5.74, 6) is 1.02. The quantitative estimate of drug-likeness (QED) is 0.786. The highest BCUT2D eigenvalue weighted by molar-refractivity contribution is 5.95. The number of rotatable bonds is 4. The van der Waals surface area contributed by atoms with E-state index in [-0.39, 0.29) is 11.9 Å². The zero-order valence-corrected chi connectivity index (χ0v) is 13.0. The second kappa shape index (κ2) is 5.99. The van der Waals surface area contributed by atoms with Crippen molar-refractivity contribution in [3.05, 3.63) is 47.6 Å². The molecule has 0 radical (unpaired) electrons. The van der Waals surface area contributed by atoms with Crippen molar-refractivity contribution >= 4 is 5.91 Å². The molecule has 3 rings (SSSR count). The van der Waals surface area contributed by atoms with Crippen molar-refractivity contribution in [1.29, 1.82) is 0 Å². The maximum atomic E-state index is 12.4. The van der Waals surface area contributed by atoms with Gasteiger partial charge in [-0.1, -0.05) is 0 Å². The van der Waals surface area contributed by atoms with Gasteiger partial charge in [0.2, 0.25) is 0 Å². The zero-order chi connectivity index (χ0) is 16.4. The molecule has 0 bridgehead atoms. The lowest BCUT2D eigenvalue weighted by atomic mass is 10.1. The Hall–Kier alpha value is -3.03. The Morgan fingerprint density at radius 1 is 1.35 bits per heavy atom. The Morgan fingerprint density at radius 3 is 2.78 bits per heavy atom. The number of carbonyl (C=O) groups is 1. The van der Waals surface area contributed by atoms with Crippen molar-refractivity contribution in [2.24, 2.45) is 7.05 Å². The molecule has 23 heavy (non-hydrogen) atoms. The SMILES string of the molecule is Cc1nc(-c2ccco2)ccc1C(=O)NC(C)c1nnnn1C. The van der Waals surface area contributed by atoms with Gasteiger partial charge in [0.05, 0.1) is 23.6 Å². The molecule has 0 aliphatic heterocycles. The summed E-state index contributed by atoms with van der Waals surface area (Å²) < 4.78 is 6.84. The first kappa shape index (κ1) is 14.9. The molecule has 1 atom stereocenters. The van der Waals surface area contributed by atoms with Gasteiger partial charge in [-0.15, -0.1) is 5.10 Å². The molecule has 0 spiro atoms. The Morgan fingerprint density at radius 2 is 2.17 bits per heavy atom. The van der Waals surface area contributed by atoms with Crippen LogP contribution in [0.4, 0.5) is 0 Å². The van der Waals surface area contributed by atoms with Crippen molar-refractivity contribution in [2.45, 2.75) is 19.9 Å². The van der Waals surface area contributed by atoms with Gasteiger partial charge in [0.15, 0.2) is 11.6 Å². The minimum atomic E-state index is -0.313. The molecule has 0 aliphatic rings. The van der Waals surface area contributed by atoms with E-state index in [2.05, 4.69) is 25.8 Å². The van der Waals surface area contributed by atoms with Crippen LogP contribution in [-0.4, -0.2) is 31.1 Å². The first-order valence-corrected chi connectivity index (χ1v) is 7.11. The predicted octanol–water partition coefficient (Wildman–Crippen LogP) is 1.66. The topological polar surface area (TPSA) is 98.7 Å². The monoisotopic (exact) mass is 312 g/mol. The second-order valence-electron chi connectivity index (χ2n) is 5.16. The number of pyridine rings is 1. The van der Waals surface area contributed by atoms with Crippen molar-refractivity contribution in [1.82, 2.24) is 30.5 Å². The normalized spacial score (nSPS) is 12.1. The summed E-state index contributed by atoms with van der Waals surface area (Å²) in [5.41, 5.74) is 1.82. The van der Waals surface area contributed by atoms with Gasteiger partial charge in [-0.2, -0.15) is 0 Å². The first-order chi connectivity index (χ1) is 11.1. The molecule has 0 saturated carbocycles. The lowest BCUT2D eigenvalue weighted by Gasteiger charge is -2.13. The summed E-state index contributed by atoms with van der Waals surface area (Å²) in [7, 11) is 1.73. The maximum Gasteiger partial charge on any atom is 0.253 e. The number of carbonyl (C=O) groups excluding carboxylic acids is 1. The zero-order valence-electron chi connectivity index (χ0n) is 13.0. The molecule has 1 unspecified atom stereocenters. The van der Waals surface area contributed by atoms with E-state index >= 15 is 0 Å². The van der Waals surface area contributed by atoms with Crippen LogP contribution in [0.2, 0.25) is 0 Å². The molecule has 8 nitrogen and oxygen atoms in total. The molecule has 8 heteroatoms. The van der Waals surface area contributed by atoms with Gasteiger partial charge in [-0.25, -0.2) is 9.67 Å². The summed E-state index contributed by atoms with van der Waals surface area (Å²) >= 11 is 0. The number of aryl methyl sites for hydroxylation is 2. The molecular formula is C15H16N6O2. The Labute approximate surface area is 132 Å². The van der Waals surface area contributed by atoms with Gasteiger partial charge in [0, 0.05) is 7.05 Å². The van der Waals surface area contributed by atoms with Crippen LogP contribution >= 0.6 is 0 Å². The third-order valence-electron chi connectivity index (χ3n) is 3.49.